The van der Waals surface area contributed by atoms with Crippen LogP contribution in [0, 0.1) is 0 Å². The highest BCUT2D eigenvalue weighted by Crippen LogP contribution is 2.16. The molecule has 1 fully saturated rings. The van der Waals surface area contributed by atoms with Crippen molar-refractivity contribution in [1.82, 2.24) is 4.90 Å². The Morgan fingerprint density at radius 2 is 1.91 bits per heavy atom. The Labute approximate surface area is 143 Å². The Balaban J connectivity index is 0.00000264. The van der Waals surface area contributed by atoms with E-state index in [2.05, 4.69) is 17.1 Å². The quantitative estimate of drug-likeness (QED) is 0.824. The maximum atomic E-state index is 11.7. The minimum atomic E-state index is -0.435. The summed E-state index contributed by atoms with van der Waals surface area (Å²) in [6.45, 7) is 7.15. The first kappa shape index (κ1) is 19.5. The van der Waals surface area contributed by atoms with E-state index in [1.165, 1.54) is 0 Å². The molecule has 0 aliphatic carbocycles. The third kappa shape index (κ3) is 7.54. The molecule has 0 aromatic heterocycles. The highest BCUT2D eigenvalue weighted by Gasteiger charge is 2.11. The van der Waals surface area contributed by atoms with Gasteiger partial charge in [-0.3, -0.25) is 10.2 Å². The Hall–Kier alpha value is -1.50. The van der Waals surface area contributed by atoms with Crippen LogP contribution < -0.4 is 10.1 Å². The van der Waals surface area contributed by atoms with E-state index in [0.717, 1.165) is 45.0 Å². The van der Waals surface area contributed by atoms with Gasteiger partial charge in [-0.25, -0.2) is 4.79 Å². The van der Waals surface area contributed by atoms with E-state index in [1.807, 2.05) is 12.1 Å². The van der Waals surface area contributed by atoms with Crippen molar-refractivity contribution in [3.63, 3.8) is 0 Å². The number of halogens is 1. The van der Waals surface area contributed by atoms with Crippen LogP contribution in [0.5, 0.6) is 5.75 Å². The maximum absolute atomic E-state index is 11.7. The van der Waals surface area contributed by atoms with E-state index in [0.29, 0.717) is 18.9 Å². The molecule has 0 saturated carbocycles. The van der Waals surface area contributed by atoms with E-state index >= 15 is 0 Å². The molecular weight excluding hydrogens is 320 g/mol. The zero-order valence-electron chi connectivity index (χ0n) is 13.5. The average Bonchev–Trinajstić information content (AvgIpc) is 2.55. The van der Waals surface area contributed by atoms with Gasteiger partial charge in [-0.15, -0.1) is 12.4 Å². The molecule has 0 atom stereocenters. The zero-order valence-corrected chi connectivity index (χ0v) is 14.3. The van der Waals surface area contributed by atoms with Gasteiger partial charge in [0.2, 0.25) is 0 Å². The van der Waals surface area contributed by atoms with E-state index < -0.39 is 6.09 Å². The lowest BCUT2D eigenvalue weighted by Gasteiger charge is -2.26. The standard InChI is InChI=1S/C16H24N2O4.ClH/c1-2-10-21-15-5-3-14(4-6-15)17-16(19)22-13-9-18-7-11-20-12-8-18;/h3-6H,2,7-13H2,1H3,(H,17,19);1H. The Morgan fingerprint density at radius 3 is 2.57 bits per heavy atom. The summed E-state index contributed by atoms with van der Waals surface area (Å²) in [5.74, 6) is 0.799. The van der Waals surface area contributed by atoms with Crippen LogP contribution in [0.3, 0.4) is 0 Å². The molecule has 0 radical (unpaired) electrons. The van der Waals surface area contributed by atoms with Gasteiger partial charge in [0.25, 0.3) is 0 Å². The second kappa shape index (κ2) is 11.1. The molecule has 1 aromatic carbocycles. The number of anilines is 1. The van der Waals surface area contributed by atoms with Gasteiger partial charge in [0, 0.05) is 25.3 Å². The number of amides is 1. The summed E-state index contributed by atoms with van der Waals surface area (Å²) in [6, 6.07) is 7.26. The number of carbonyl (C=O) groups excluding carboxylic acids is 1. The van der Waals surface area contributed by atoms with Crippen LogP contribution in [0.2, 0.25) is 0 Å². The van der Waals surface area contributed by atoms with Crippen LogP contribution in [0.25, 0.3) is 0 Å². The topological polar surface area (TPSA) is 60.0 Å². The number of nitrogens with one attached hydrogen (secondary N) is 1. The van der Waals surface area contributed by atoms with E-state index in [9.17, 15) is 4.79 Å². The maximum Gasteiger partial charge on any atom is 0.411 e. The number of hydrogen-bond donors (Lipinski definition) is 1. The summed E-state index contributed by atoms with van der Waals surface area (Å²) in [4.78, 5) is 13.9. The highest BCUT2D eigenvalue weighted by molar-refractivity contribution is 5.85. The molecule has 1 N–H and O–H groups in total. The van der Waals surface area contributed by atoms with Gasteiger partial charge in [0.15, 0.2) is 0 Å². The first-order valence-corrected chi connectivity index (χ1v) is 7.74. The fraction of sp³-hybridized carbons (Fsp3) is 0.562. The molecule has 0 spiro atoms. The molecule has 0 unspecified atom stereocenters. The van der Waals surface area contributed by atoms with Crippen molar-refractivity contribution in [2.75, 3.05) is 51.4 Å². The van der Waals surface area contributed by atoms with Crippen LogP contribution >= 0.6 is 12.4 Å². The molecule has 1 aromatic rings. The first-order chi connectivity index (χ1) is 10.8. The van der Waals surface area contributed by atoms with Gasteiger partial charge in [0.05, 0.1) is 19.8 Å². The summed E-state index contributed by atoms with van der Waals surface area (Å²) in [6.07, 6.45) is 0.533. The molecule has 1 saturated heterocycles. The molecule has 23 heavy (non-hydrogen) atoms. The van der Waals surface area contributed by atoms with Crippen molar-refractivity contribution in [2.24, 2.45) is 0 Å². The molecular formula is C16H25ClN2O4. The SMILES string of the molecule is CCCOc1ccc(NC(=O)OCCN2CCOCC2)cc1.Cl. The van der Waals surface area contributed by atoms with E-state index in [-0.39, 0.29) is 12.4 Å². The van der Waals surface area contributed by atoms with Crippen molar-refractivity contribution >= 4 is 24.2 Å². The number of ether oxygens (including phenoxy) is 3. The van der Waals surface area contributed by atoms with Crippen LogP contribution in [0.1, 0.15) is 13.3 Å². The van der Waals surface area contributed by atoms with Crippen LogP contribution in [-0.4, -0.2) is 57.1 Å². The number of morpholine rings is 1. The molecule has 1 aliphatic rings. The lowest BCUT2D eigenvalue weighted by atomic mass is 10.3. The number of rotatable bonds is 7. The Kier molecular flexibility index (Phi) is 9.43. The van der Waals surface area contributed by atoms with Crippen LogP contribution in [-0.2, 0) is 9.47 Å². The summed E-state index contributed by atoms with van der Waals surface area (Å²) >= 11 is 0. The summed E-state index contributed by atoms with van der Waals surface area (Å²) in [7, 11) is 0. The molecule has 1 heterocycles. The van der Waals surface area contributed by atoms with Crippen molar-refractivity contribution in [2.45, 2.75) is 13.3 Å². The summed E-state index contributed by atoms with van der Waals surface area (Å²) in [5.41, 5.74) is 0.695. The summed E-state index contributed by atoms with van der Waals surface area (Å²) < 4.78 is 15.9. The Bertz CT molecular complexity index is 450. The van der Waals surface area contributed by atoms with Gasteiger partial charge in [0.1, 0.15) is 12.4 Å². The van der Waals surface area contributed by atoms with Gasteiger partial charge in [-0.05, 0) is 30.7 Å². The minimum Gasteiger partial charge on any atom is -0.494 e. The smallest absolute Gasteiger partial charge is 0.411 e. The molecule has 130 valence electrons. The van der Waals surface area contributed by atoms with Crippen molar-refractivity contribution < 1.29 is 19.0 Å². The van der Waals surface area contributed by atoms with E-state index in [1.54, 1.807) is 12.1 Å². The van der Waals surface area contributed by atoms with Crippen molar-refractivity contribution in [3.05, 3.63) is 24.3 Å². The fourth-order valence-electron chi connectivity index (χ4n) is 2.10. The second-order valence-electron chi connectivity index (χ2n) is 5.09. The van der Waals surface area contributed by atoms with Crippen molar-refractivity contribution in [1.29, 1.82) is 0 Å². The Morgan fingerprint density at radius 1 is 1.22 bits per heavy atom. The molecule has 6 nitrogen and oxygen atoms in total. The third-order valence-electron chi connectivity index (χ3n) is 3.32. The molecule has 1 amide bonds. The monoisotopic (exact) mass is 344 g/mol. The lowest BCUT2D eigenvalue weighted by Crippen LogP contribution is -2.38. The molecule has 0 bridgehead atoms. The number of nitrogens with zero attached hydrogens (tertiary/aromatic N) is 1. The van der Waals surface area contributed by atoms with Crippen LogP contribution in [0.15, 0.2) is 24.3 Å². The van der Waals surface area contributed by atoms with E-state index in [4.69, 9.17) is 14.2 Å². The minimum absolute atomic E-state index is 0. The number of carbonyl (C=O) groups is 1. The normalized spacial score (nSPS) is 14.7. The average molecular weight is 345 g/mol. The number of hydrogen-bond acceptors (Lipinski definition) is 5. The first-order valence-electron chi connectivity index (χ1n) is 7.74. The van der Waals surface area contributed by atoms with Crippen LogP contribution in [0.4, 0.5) is 10.5 Å². The second-order valence-corrected chi connectivity index (χ2v) is 5.09. The summed E-state index contributed by atoms with van der Waals surface area (Å²) in [5, 5.41) is 2.70. The predicted octanol–water partition coefficient (Wildman–Crippen LogP) is 2.78. The molecule has 2 rings (SSSR count). The molecule has 7 heteroatoms. The zero-order chi connectivity index (χ0) is 15.6. The van der Waals surface area contributed by atoms with Gasteiger partial charge < -0.3 is 14.2 Å². The highest BCUT2D eigenvalue weighted by atomic mass is 35.5. The van der Waals surface area contributed by atoms with Gasteiger partial charge in [-0.1, -0.05) is 6.92 Å². The third-order valence-corrected chi connectivity index (χ3v) is 3.32. The van der Waals surface area contributed by atoms with Gasteiger partial charge in [-0.2, -0.15) is 0 Å². The predicted molar refractivity (Wildman–Crippen MR) is 91.7 cm³/mol. The largest absolute Gasteiger partial charge is 0.494 e. The molecule has 1 aliphatic heterocycles. The van der Waals surface area contributed by atoms with Crippen molar-refractivity contribution in [3.8, 4) is 5.75 Å². The number of benzene rings is 1. The fourth-order valence-corrected chi connectivity index (χ4v) is 2.10. The van der Waals surface area contributed by atoms with Gasteiger partial charge >= 0.3 is 6.09 Å². The lowest BCUT2D eigenvalue weighted by molar-refractivity contribution is 0.0290.